The minimum absolute atomic E-state index is 0.169. The molecule has 146 valence electrons. The maximum Gasteiger partial charge on any atom is 0.276 e. The zero-order chi connectivity index (χ0) is 19.7. The molecule has 1 aromatic carbocycles. The van der Waals surface area contributed by atoms with Crippen molar-refractivity contribution < 1.29 is 14.4 Å². The highest BCUT2D eigenvalue weighted by Crippen LogP contribution is 2.33. The molecule has 1 fully saturated rings. The quantitative estimate of drug-likeness (QED) is 0.725. The normalized spacial score (nSPS) is 17.1. The highest BCUT2D eigenvalue weighted by molar-refractivity contribution is 5.94. The Kier molecular flexibility index (Phi) is 5.00. The van der Waals surface area contributed by atoms with E-state index in [1.807, 2.05) is 6.20 Å². The van der Waals surface area contributed by atoms with E-state index in [0.717, 1.165) is 29.7 Å². The number of piperidine rings is 1. The molecule has 1 amide bonds. The molecule has 1 aliphatic heterocycles. The van der Waals surface area contributed by atoms with Crippen LogP contribution in [0.2, 0.25) is 0 Å². The molecular weight excluding hydrogens is 356 g/mol. The van der Waals surface area contributed by atoms with Crippen molar-refractivity contribution >= 4 is 5.91 Å². The molecule has 7 heteroatoms. The molecule has 2 N–H and O–H groups in total. The zero-order valence-corrected chi connectivity index (χ0v) is 16.1. The van der Waals surface area contributed by atoms with Crippen molar-refractivity contribution in [1.29, 1.82) is 0 Å². The zero-order valence-electron chi connectivity index (χ0n) is 16.1. The number of hydrogen-bond donors (Lipinski definition) is 2. The number of aryl methyl sites for hydroxylation is 2. The van der Waals surface area contributed by atoms with Gasteiger partial charge in [-0.05, 0) is 32.3 Å². The van der Waals surface area contributed by atoms with Gasteiger partial charge >= 0.3 is 0 Å². The van der Waals surface area contributed by atoms with Crippen molar-refractivity contribution in [1.82, 2.24) is 20.3 Å². The van der Waals surface area contributed by atoms with Gasteiger partial charge in [0.15, 0.2) is 5.69 Å². The lowest BCUT2D eigenvalue weighted by molar-refractivity contribution is 0.0692. The summed E-state index contributed by atoms with van der Waals surface area (Å²) in [6, 6.07) is 8.38. The molecule has 7 nitrogen and oxygen atoms in total. The molecule has 1 saturated heterocycles. The summed E-state index contributed by atoms with van der Waals surface area (Å²) >= 11 is 0. The van der Waals surface area contributed by atoms with E-state index in [4.69, 9.17) is 4.52 Å². The van der Waals surface area contributed by atoms with Gasteiger partial charge in [-0.2, -0.15) is 5.10 Å². The van der Waals surface area contributed by atoms with E-state index in [1.165, 1.54) is 5.56 Å². The van der Waals surface area contributed by atoms with Gasteiger partial charge in [-0.25, -0.2) is 0 Å². The molecule has 3 aromatic rings. The van der Waals surface area contributed by atoms with Crippen LogP contribution in [0, 0.1) is 13.8 Å². The number of nitrogens with zero attached hydrogens (tertiary/aromatic N) is 3. The molecule has 0 unspecified atom stereocenters. The number of benzene rings is 1. The summed E-state index contributed by atoms with van der Waals surface area (Å²) in [6.07, 6.45) is 3.73. The summed E-state index contributed by atoms with van der Waals surface area (Å²) < 4.78 is 5.11. The lowest BCUT2D eigenvalue weighted by Crippen LogP contribution is -2.39. The Morgan fingerprint density at radius 3 is 2.86 bits per heavy atom. The van der Waals surface area contributed by atoms with E-state index in [2.05, 4.69) is 46.5 Å². The monoisotopic (exact) mass is 380 g/mol. The van der Waals surface area contributed by atoms with Crippen LogP contribution in [-0.2, 0) is 6.61 Å². The third-order valence-electron chi connectivity index (χ3n) is 5.49. The summed E-state index contributed by atoms with van der Waals surface area (Å²) in [5.74, 6) is 0.457. The van der Waals surface area contributed by atoms with Gasteiger partial charge in [0.1, 0.15) is 5.76 Å². The average Bonchev–Trinajstić information content (AvgIpc) is 3.35. The Labute approximate surface area is 163 Å². The van der Waals surface area contributed by atoms with E-state index >= 15 is 0 Å². The summed E-state index contributed by atoms with van der Waals surface area (Å²) in [7, 11) is 0. The average molecular weight is 380 g/mol. The van der Waals surface area contributed by atoms with Crippen molar-refractivity contribution in [3.8, 4) is 11.1 Å². The van der Waals surface area contributed by atoms with Crippen LogP contribution in [0.25, 0.3) is 11.1 Å². The summed E-state index contributed by atoms with van der Waals surface area (Å²) in [5, 5.41) is 20.8. The Balaban J connectivity index is 1.57. The Bertz CT molecular complexity index is 974. The third-order valence-corrected chi connectivity index (χ3v) is 5.49. The van der Waals surface area contributed by atoms with E-state index in [0.29, 0.717) is 24.4 Å². The number of aliphatic hydroxyl groups excluding tert-OH is 1. The van der Waals surface area contributed by atoms with Crippen LogP contribution in [0.5, 0.6) is 0 Å². The van der Waals surface area contributed by atoms with Gasteiger partial charge in [0.05, 0.1) is 18.4 Å². The third kappa shape index (κ3) is 3.33. The van der Waals surface area contributed by atoms with Crippen LogP contribution in [0.1, 0.15) is 51.8 Å². The molecule has 0 radical (unpaired) electrons. The first-order chi connectivity index (χ1) is 13.6. The first kappa shape index (κ1) is 18.4. The Hall–Kier alpha value is -2.93. The first-order valence-corrected chi connectivity index (χ1v) is 9.54. The first-order valence-electron chi connectivity index (χ1n) is 9.54. The number of aromatic amines is 1. The van der Waals surface area contributed by atoms with Gasteiger partial charge in [0, 0.05) is 30.3 Å². The molecular formula is C21H24N4O3. The van der Waals surface area contributed by atoms with Crippen molar-refractivity contribution in [2.45, 2.75) is 39.2 Å². The molecule has 1 aliphatic rings. The van der Waals surface area contributed by atoms with Gasteiger partial charge < -0.3 is 14.5 Å². The maximum atomic E-state index is 13.0. The predicted molar refractivity (Wildman–Crippen MR) is 104 cm³/mol. The fourth-order valence-corrected chi connectivity index (χ4v) is 3.86. The van der Waals surface area contributed by atoms with Crippen LogP contribution in [0.15, 0.2) is 35.0 Å². The number of amides is 1. The lowest BCUT2D eigenvalue weighted by Gasteiger charge is -2.32. The Morgan fingerprint density at radius 1 is 1.32 bits per heavy atom. The van der Waals surface area contributed by atoms with E-state index in [1.54, 1.807) is 11.8 Å². The second kappa shape index (κ2) is 7.59. The van der Waals surface area contributed by atoms with Gasteiger partial charge in [0.2, 0.25) is 0 Å². The number of H-pyrrole nitrogens is 1. The molecule has 0 spiro atoms. The number of carbonyl (C=O) groups is 1. The Morgan fingerprint density at radius 2 is 2.11 bits per heavy atom. The van der Waals surface area contributed by atoms with Gasteiger partial charge in [-0.15, -0.1) is 0 Å². The minimum Gasteiger partial charge on any atom is -0.391 e. The molecule has 2 aromatic heterocycles. The number of rotatable bonds is 4. The predicted octanol–water partition coefficient (Wildman–Crippen LogP) is 3.19. The highest BCUT2D eigenvalue weighted by atomic mass is 16.5. The van der Waals surface area contributed by atoms with Gasteiger partial charge in [-0.3, -0.25) is 9.89 Å². The van der Waals surface area contributed by atoms with Crippen molar-refractivity contribution in [2.24, 2.45) is 0 Å². The molecule has 4 rings (SSSR count). The van der Waals surface area contributed by atoms with Crippen molar-refractivity contribution in [3.05, 3.63) is 58.7 Å². The molecule has 0 saturated carbocycles. The number of hydrogen-bond acceptors (Lipinski definition) is 5. The fourth-order valence-electron chi connectivity index (χ4n) is 3.86. The van der Waals surface area contributed by atoms with Gasteiger partial charge in [-0.1, -0.05) is 35.0 Å². The summed E-state index contributed by atoms with van der Waals surface area (Å²) in [6.45, 7) is 4.76. The van der Waals surface area contributed by atoms with Crippen LogP contribution < -0.4 is 0 Å². The number of nitrogens with one attached hydrogen (secondary N) is 1. The standard InChI is InChI=1S/C21H24N4O3/c1-13-5-7-15(8-6-13)17-10-22-23-19(17)16-4-3-9-25(11-16)21(27)20-18(12-26)14(2)28-24-20/h5-8,10,16,26H,3-4,9,11-12H2,1-2H3,(H,22,23)/t16-/m1/s1. The number of aliphatic hydroxyl groups is 1. The highest BCUT2D eigenvalue weighted by Gasteiger charge is 2.31. The second-order valence-corrected chi connectivity index (χ2v) is 7.38. The van der Waals surface area contributed by atoms with Crippen LogP contribution >= 0.6 is 0 Å². The molecule has 1 atom stereocenters. The lowest BCUT2D eigenvalue weighted by atomic mass is 9.90. The maximum absolute atomic E-state index is 13.0. The number of carbonyl (C=O) groups excluding carboxylic acids is 1. The van der Waals surface area contributed by atoms with Crippen LogP contribution in [0.3, 0.4) is 0 Å². The van der Waals surface area contributed by atoms with Crippen molar-refractivity contribution in [2.75, 3.05) is 13.1 Å². The fraction of sp³-hybridized carbons (Fsp3) is 0.381. The minimum atomic E-state index is -0.258. The molecule has 0 aliphatic carbocycles. The smallest absolute Gasteiger partial charge is 0.276 e. The molecule has 3 heterocycles. The SMILES string of the molecule is Cc1ccc(-c2cn[nH]c2[C@@H]2CCCN(C(=O)c3noc(C)c3CO)C2)cc1. The largest absolute Gasteiger partial charge is 0.391 e. The number of likely N-dealkylation sites (tertiary alicyclic amines) is 1. The summed E-state index contributed by atoms with van der Waals surface area (Å²) in [4.78, 5) is 14.8. The van der Waals surface area contributed by atoms with Gasteiger partial charge in [0.25, 0.3) is 5.91 Å². The summed E-state index contributed by atoms with van der Waals surface area (Å²) in [5.41, 5.74) is 5.14. The second-order valence-electron chi connectivity index (χ2n) is 7.38. The topological polar surface area (TPSA) is 95.3 Å². The number of aromatic nitrogens is 3. The van der Waals surface area contributed by atoms with Crippen LogP contribution in [-0.4, -0.2) is 44.4 Å². The molecule has 28 heavy (non-hydrogen) atoms. The van der Waals surface area contributed by atoms with Crippen LogP contribution in [0.4, 0.5) is 0 Å². The molecule has 0 bridgehead atoms. The van der Waals surface area contributed by atoms with Crippen molar-refractivity contribution in [3.63, 3.8) is 0 Å². The van der Waals surface area contributed by atoms with E-state index in [-0.39, 0.29) is 24.1 Å². The van der Waals surface area contributed by atoms with E-state index in [9.17, 15) is 9.90 Å². The van der Waals surface area contributed by atoms with E-state index < -0.39 is 0 Å².